The molecule has 2 bridgehead atoms. The van der Waals surface area contributed by atoms with Crippen LogP contribution in [0.15, 0.2) is 157 Å². The summed E-state index contributed by atoms with van der Waals surface area (Å²) in [5.74, 6) is -1.58. The standard InChI is InChI=1S/C53H57NO12S/c1-35-46(59-31-39-21-11-5-12-22-39)49(60-32-40-23-13-6-14-24-40)50(61-33-41-25-15-7-16-26-41)51(62-35)65-44(34-58-30-38-19-9-4-10-20-38)47(64-37(3)56)48-45-43(63-36(2)55)29-53(66-48,52(57)54-45)67-42-27-17-8-18-28-42/h4-28,35,43-51H,29-34H2,1-3H3,(H,54,57)/t35-,43-,44+,45+,46+,47+,48+,49+,50-,51+,53-/m0/s1. The molecular weight excluding hydrogens is 875 g/mol. The van der Waals surface area contributed by atoms with Crippen molar-refractivity contribution in [1.29, 1.82) is 0 Å². The zero-order valence-electron chi connectivity index (χ0n) is 37.8. The molecule has 4 aliphatic rings. The average molecular weight is 932 g/mol. The summed E-state index contributed by atoms with van der Waals surface area (Å²) in [7, 11) is 0. The predicted octanol–water partition coefficient (Wildman–Crippen LogP) is 7.73. The van der Waals surface area contributed by atoms with Crippen LogP contribution in [-0.2, 0) is 83.4 Å². The van der Waals surface area contributed by atoms with E-state index < -0.39 is 83.9 Å². The molecule has 1 amide bonds. The Morgan fingerprint density at radius 3 is 1.69 bits per heavy atom. The van der Waals surface area contributed by atoms with Crippen LogP contribution in [0.5, 0.6) is 0 Å². The Morgan fingerprint density at radius 2 is 1.16 bits per heavy atom. The number of fused-ring (bicyclic) bond motifs is 3. The molecule has 4 saturated heterocycles. The lowest BCUT2D eigenvalue weighted by Crippen LogP contribution is -2.75. The number of nitrogens with one attached hydrogen (secondary N) is 1. The molecule has 0 radical (unpaired) electrons. The molecule has 352 valence electrons. The molecule has 4 fully saturated rings. The van der Waals surface area contributed by atoms with Crippen LogP contribution in [0.4, 0.5) is 0 Å². The van der Waals surface area contributed by atoms with E-state index in [1.54, 1.807) is 0 Å². The van der Waals surface area contributed by atoms with Crippen LogP contribution in [0.25, 0.3) is 0 Å². The summed E-state index contributed by atoms with van der Waals surface area (Å²) < 4.78 is 59.8. The molecule has 0 unspecified atom stereocenters. The first-order chi connectivity index (χ1) is 32.6. The van der Waals surface area contributed by atoms with Gasteiger partial charge in [-0.1, -0.05) is 151 Å². The molecule has 11 atom stereocenters. The number of benzene rings is 5. The van der Waals surface area contributed by atoms with Crippen molar-refractivity contribution in [2.45, 2.75) is 125 Å². The van der Waals surface area contributed by atoms with E-state index in [0.717, 1.165) is 27.1 Å². The van der Waals surface area contributed by atoms with Gasteiger partial charge in [-0.15, -0.1) is 0 Å². The van der Waals surface area contributed by atoms with Gasteiger partial charge in [-0.2, -0.15) is 0 Å². The van der Waals surface area contributed by atoms with E-state index in [-0.39, 0.29) is 39.5 Å². The number of rotatable bonds is 21. The van der Waals surface area contributed by atoms with Gasteiger partial charge < -0.3 is 47.9 Å². The molecule has 4 aliphatic heterocycles. The van der Waals surface area contributed by atoms with Crippen molar-refractivity contribution in [1.82, 2.24) is 5.32 Å². The number of morpholine rings is 1. The van der Waals surface area contributed by atoms with E-state index in [1.165, 1.54) is 25.6 Å². The van der Waals surface area contributed by atoms with Gasteiger partial charge >= 0.3 is 11.9 Å². The highest BCUT2D eigenvalue weighted by molar-refractivity contribution is 8.01. The molecule has 67 heavy (non-hydrogen) atoms. The second-order valence-corrected chi connectivity index (χ2v) is 18.2. The van der Waals surface area contributed by atoms with Crippen molar-refractivity contribution in [2.75, 3.05) is 6.61 Å². The number of hydrogen-bond acceptors (Lipinski definition) is 13. The van der Waals surface area contributed by atoms with Crippen LogP contribution in [0.1, 0.15) is 49.4 Å². The first-order valence-corrected chi connectivity index (χ1v) is 23.4. The Labute approximate surface area is 395 Å². The Kier molecular flexibility index (Phi) is 16.5. The molecule has 14 heteroatoms. The molecule has 4 heterocycles. The highest BCUT2D eigenvalue weighted by Crippen LogP contribution is 2.48. The lowest BCUT2D eigenvalue weighted by molar-refractivity contribution is -0.340. The van der Waals surface area contributed by atoms with Crippen molar-refractivity contribution < 1.29 is 57.0 Å². The zero-order chi connectivity index (χ0) is 46.6. The quantitative estimate of drug-likeness (QED) is 0.0718. The van der Waals surface area contributed by atoms with Gasteiger partial charge in [0, 0.05) is 25.2 Å². The van der Waals surface area contributed by atoms with Crippen LogP contribution in [0.2, 0.25) is 0 Å². The normalized spacial score (nSPS) is 26.5. The maximum atomic E-state index is 14.0. The number of ether oxygens (including phenoxy) is 9. The summed E-state index contributed by atoms with van der Waals surface area (Å²) >= 11 is 1.19. The van der Waals surface area contributed by atoms with E-state index in [4.69, 9.17) is 42.6 Å². The van der Waals surface area contributed by atoms with Crippen LogP contribution in [0.3, 0.4) is 0 Å². The second-order valence-electron chi connectivity index (χ2n) is 16.8. The van der Waals surface area contributed by atoms with Crippen molar-refractivity contribution in [2.24, 2.45) is 0 Å². The minimum absolute atomic E-state index is 0.0470. The highest BCUT2D eigenvalue weighted by atomic mass is 32.2. The largest absolute Gasteiger partial charge is 0.460 e. The fraction of sp³-hybridized carbons (Fsp3) is 0.377. The maximum absolute atomic E-state index is 14.0. The van der Waals surface area contributed by atoms with E-state index in [0.29, 0.717) is 0 Å². The minimum Gasteiger partial charge on any atom is -0.460 e. The monoisotopic (exact) mass is 931 g/mol. The summed E-state index contributed by atoms with van der Waals surface area (Å²) in [6.45, 7) is 5.25. The maximum Gasteiger partial charge on any atom is 0.303 e. The minimum atomic E-state index is -1.58. The SMILES string of the molecule is CC(=O)O[C@@H]([C@@H]1O[C@]2(Sc3ccccc3)C[C@H](OC(C)=O)[C@H]1NC2=O)[C@@H](COCc1ccccc1)O[C@H]1O[C@@H](C)[C@@H](OCc2ccccc2)[C@@H](OCc2ccccc2)[C@@H]1OCc1ccccc1. The molecule has 5 aromatic carbocycles. The Bertz CT molecular complexity index is 2330. The summed E-state index contributed by atoms with van der Waals surface area (Å²) in [6, 6.07) is 47.5. The van der Waals surface area contributed by atoms with Crippen LogP contribution < -0.4 is 5.32 Å². The van der Waals surface area contributed by atoms with Gasteiger partial charge in [0.1, 0.15) is 36.6 Å². The Morgan fingerprint density at radius 1 is 0.672 bits per heavy atom. The van der Waals surface area contributed by atoms with E-state index in [2.05, 4.69) is 5.32 Å². The molecule has 0 spiro atoms. The molecular formula is C53H57NO12S. The van der Waals surface area contributed by atoms with E-state index in [1.807, 2.05) is 159 Å². The topological polar surface area (TPSA) is 146 Å². The first-order valence-electron chi connectivity index (χ1n) is 22.6. The number of hydrogen-bond donors (Lipinski definition) is 1. The molecule has 5 aromatic rings. The Hall–Kier alpha value is -5.42. The number of thioether (sulfide) groups is 1. The highest BCUT2D eigenvalue weighted by Gasteiger charge is 2.63. The number of carbonyl (C=O) groups excluding carboxylic acids is 3. The molecule has 9 rings (SSSR count). The lowest BCUT2D eigenvalue weighted by Gasteiger charge is -2.54. The van der Waals surface area contributed by atoms with Gasteiger partial charge in [0.15, 0.2) is 12.4 Å². The first kappa shape index (κ1) is 48.1. The van der Waals surface area contributed by atoms with E-state index >= 15 is 0 Å². The summed E-state index contributed by atoms with van der Waals surface area (Å²) in [4.78, 5) is 39.2. The fourth-order valence-electron chi connectivity index (χ4n) is 8.69. The second kappa shape index (κ2) is 23.1. The van der Waals surface area contributed by atoms with Gasteiger partial charge in [0.2, 0.25) is 4.93 Å². The van der Waals surface area contributed by atoms with Gasteiger partial charge in [0.25, 0.3) is 5.91 Å². The summed E-state index contributed by atoms with van der Waals surface area (Å²) in [5, 5.41) is 3.06. The molecule has 13 nitrogen and oxygen atoms in total. The third kappa shape index (κ3) is 12.6. The summed E-state index contributed by atoms with van der Waals surface area (Å²) in [6.07, 6.45) is -8.35. The average Bonchev–Trinajstić information content (AvgIpc) is 3.33. The fourth-order valence-corrected chi connectivity index (χ4v) is 9.93. The van der Waals surface area contributed by atoms with Crippen LogP contribution >= 0.6 is 11.8 Å². The molecule has 0 aliphatic carbocycles. The third-order valence-corrected chi connectivity index (χ3v) is 13.1. The Balaban J connectivity index is 1.17. The van der Waals surface area contributed by atoms with Crippen molar-refractivity contribution >= 4 is 29.6 Å². The predicted molar refractivity (Wildman–Crippen MR) is 248 cm³/mol. The van der Waals surface area contributed by atoms with Gasteiger partial charge in [-0.3, -0.25) is 14.4 Å². The number of carbonyl (C=O) groups is 3. The summed E-state index contributed by atoms with van der Waals surface area (Å²) in [5.41, 5.74) is 3.73. The number of amides is 1. The van der Waals surface area contributed by atoms with Gasteiger partial charge in [-0.25, -0.2) is 0 Å². The zero-order valence-corrected chi connectivity index (χ0v) is 38.6. The smallest absolute Gasteiger partial charge is 0.303 e. The molecule has 0 saturated carbocycles. The van der Waals surface area contributed by atoms with Crippen molar-refractivity contribution in [3.05, 3.63) is 174 Å². The van der Waals surface area contributed by atoms with E-state index in [9.17, 15) is 14.4 Å². The number of esters is 2. The van der Waals surface area contributed by atoms with Crippen LogP contribution in [-0.4, -0.2) is 90.5 Å². The van der Waals surface area contributed by atoms with Crippen molar-refractivity contribution in [3.63, 3.8) is 0 Å². The van der Waals surface area contributed by atoms with Gasteiger partial charge in [-0.05, 0) is 41.3 Å². The van der Waals surface area contributed by atoms with Crippen molar-refractivity contribution in [3.8, 4) is 0 Å². The van der Waals surface area contributed by atoms with Crippen LogP contribution in [0, 0.1) is 0 Å². The number of piperidine rings is 1. The van der Waals surface area contributed by atoms with Gasteiger partial charge in [0.05, 0.1) is 45.2 Å². The molecule has 1 N–H and O–H groups in total. The molecule has 0 aromatic heterocycles. The lowest BCUT2D eigenvalue weighted by atomic mass is 9.85. The third-order valence-electron chi connectivity index (χ3n) is 11.8.